The van der Waals surface area contributed by atoms with E-state index < -0.39 is 0 Å². The minimum Gasteiger partial charge on any atom is -0.492 e. The summed E-state index contributed by atoms with van der Waals surface area (Å²) in [7, 11) is 0. The molecule has 0 fully saturated rings. The van der Waals surface area contributed by atoms with E-state index in [0.717, 1.165) is 40.5 Å². The second-order valence-electron chi connectivity index (χ2n) is 8.23. The molecule has 4 heteroatoms. The molecule has 0 aliphatic rings. The average Bonchev–Trinajstić information content (AvgIpc) is 2.87. The van der Waals surface area contributed by atoms with E-state index in [1.54, 1.807) is 12.3 Å². The SMILES string of the molecule is NC(COc1ccc(-c2ccc3nccc(C=O)c3c2)cc1)Cc1ccc2ccccc2c1. The number of hydrogen-bond acceptors (Lipinski definition) is 4. The van der Waals surface area contributed by atoms with Crippen LogP contribution in [0.3, 0.4) is 0 Å². The van der Waals surface area contributed by atoms with E-state index in [0.29, 0.717) is 12.2 Å². The van der Waals surface area contributed by atoms with Gasteiger partial charge in [-0.1, -0.05) is 60.7 Å². The van der Waals surface area contributed by atoms with Crippen LogP contribution in [0.25, 0.3) is 32.8 Å². The van der Waals surface area contributed by atoms with Crippen LogP contribution in [0.1, 0.15) is 15.9 Å². The van der Waals surface area contributed by atoms with E-state index in [9.17, 15) is 4.79 Å². The van der Waals surface area contributed by atoms with Gasteiger partial charge in [-0.15, -0.1) is 0 Å². The first-order valence-electron chi connectivity index (χ1n) is 11.0. The summed E-state index contributed by atoms with van der Waals surface area (Å²) in [5.74, 6) is 0.781. The summed E-state index contributed by atoms with van der Waals surface area (Å²) < 4.78 is 5.94. The summed E-state index contributed by atoms with van der Waals surface area (Å²) in [5.41, 5.74) is 11.1. The number of nitrogens with two attached hydrogens (primary N) is 1. The Morgan fingerprint density at radius 1 is 0.848 bits per heavy atom. The van der Waals surface area contributed by atoms with Crippen LogP contribution in [0.4, 0.5) is 0 Å². The van der Waals surface area contributed by atoms with Crippen LogP contribution in [-0.2, 0) is 6.42 Å². The normalized spacial score (nSPS) is 12.0. The summed E-state index contributed by atoms with van der Waals surface area (Å²) in [6.45, 7) is 0.441. The van der Waals surface area contributed by atoms with Gasteiger partial charge < -0.3 is 10.5 Å². The number of aromatic nitrogens is 1. The Hall–Kier alpha value is -4.02. The molecule has 0 saturated heterocycles. The van der Waals surface area contributed by atoms with Gasteiger partial charge in [0.25, 0.3) is 0 Å². The van der Waals surface area contributed by atoms with E-state index >= 15 is 0 Å². The van der Waals surface area contributed by atoms with Gasteiger partial charge in [-0.3, -0.25) is 9.78 Å². The van der Waals surface area contributed by atoms with E-state index in [-0.39, 0.29) is 6.04 Å². The minimum atomic E-state index is -0.0967. The number of ether oxygens (including phenoxy) is 1. The summed E-state index contributed by atoms with van der Waals surface area (Å²) >= 11 is 0. The number of nitrogens with zero attached hydrogens (tertiary/aromatic N) is 1. The fourth-order valence-corrected chi connectivity index (χ4v) is 4.12. The summed E-state index contributed by atoms with van der Waals surface area (Å²) in [6, 6.07) is 30.3. The van der Waals surface area contributed by atoms with E-state index in [1.165, 1.54) is 16.3 Å². The molecule has 4 aromatic carbocycles. The number of fused-ring (bicyclic) bond motifs is 2. The number of carbonyl (C=O) groups excluding carboxylic acids is 1. The standard InChI is InChI=1S/C29H24N2O2/c30-26(16-20-5-6-21-3-1-2-4-23(21)15-20)19-33-27-10-7-22(8-11-27)24-9-12-29-28(17-24)25(18-32)13-14-31-29/h1-15,17-18,26H,16,19,30H2. The van der Waals surface area contributed by atoms with Crippen LogP contribution in [0.5, 0.6) is 5.75 Å². The van der Waals surface area contributed by atoms with Gasteiger partial charge in [0.05, 0.1) is 5.52 Å². The molecule has 1 aromatic heterocycles. The van der Waals surface area contributed by atoms with Crippen molar-refractivity contribution in [2.45, 2.75) is 12.5 Å². The lowest BCUT2D eigenvalue weighted by Gasteiger charge is -2.14. The second kappa shape index (κ2) is 9.23. The molecule has 1 heterocycles. The van der Waals surface area contributed by atoms with Crippen molar-refractivity contribution in [3.63, 3.8) is 0 Å². The first kappa shape index (κ1) is 20.9. The largest absolute Gasteiger partial charge is 0.492 e. The van der Waals surface area contributed by atoms with Gasteiger partial charge in [0.2, 0.25) is 0 Å². The molecule has 0 aliphatic heterocycles. The third-order valence-corrected chi connectivity index (χ3v) is 5.87. The molecule has 5 aromatic rings. The number of carbonyl (C=O) groups is 1. The number of hydrogen-bond donors (Lipinski definition) is 1. The molecular formula is C29H24N2O2. The van der Waals surface area contributed by atoms with Crippen LogP contribution < -0.4 is 10.5 Å². The van der Waals surface area contributed by atoms with Crippen LogP contribution in [-0.4, -0.2) is 23.9 Å². The Labute approximate surface area is 192 Å². The van der Waals surface area contributed by atoms with Gasteiger partial charge >= 0.3 is 0 Å². The number of pyridine rings is 1. The maximum absolute atomic E-state index is 11.4. The van der Waals surface area contributed by atoms with Gasteiger partial charge in [0.1, 0.15) is 12.4 Å². The zero-order chi connectivity index (χ0) is 22.6. The van der Waals surface area contributed by atoms with E-state index in [4.69, 9.17) is 10.5 Å². The van der Waals surface area contributed by atoms with E-state index in [1.807, 2.05) is 48.5 Å². The number of rotatable bonds is 7. The first-order valence-corrected chi connectivity index (χ1v) is 11.0. The molecule has 2 N–H and O–H groups in total. The van der Waals surface area contributed by atoms with Crippen molar-refractivity contribution in [3.8, 4) is 16.9 Å². The highest BCUT2D eigenvalue weighted by Gasteiger charge is 2.08. The Bertz CT molecular complexity index is 1430. The van der Waals surface area contributed by atoms with Gasteiger partial charge in [-0.2, -0.15) is 0 Å². The summed E-state index contributed by atoms with van der Waals surface area (Å²) in [5, 5.41) is 3.31. The molecule has 0 spiro atoms. The van der Waals surface area contributed by atoms with Crippen LogP contribution in [0, 0.1) is 0 Å². The van der Waals surface area contributed by atoms with Gasteiger partial charge in [-0.25, -0.2) is 0 Å². The fourth-order valence-electron chi connectivity index (χ4n) is 4.12. The highest BCUT2D eigenvalue weighted by molar-refractivity contribution is 5.98. The lowest BCUT2D eigenvalue weighted by atomic mass is 10.0. The van der Waals surface area contributed by atoms with Gasteiger partial charge in [0.15, 0.2) is 6.29 Å². The van der Waals surface area contributed by atoms with Crippen LogP contribution in [0.15, 0.2) is 97.2 Å². The van der Waals surface area contributed by atoms with Crippen molar-refractivity contribution in [1.82, 2.24) is 4.98 Å². The molecule has 0 saturated carbocycles. The van der Waals surface area contributed by atoms with Crippen molar-refractivity contribution in [2.75, 3.05) is 6.61 Å². The molecule has 1 unspecified atom stereocenters. The predicted molar refractivity (Wildman–Crippen MR) is 134 cm³/mol. The number of benzene rings is 4. The Balaban J connectivity index is 1.24. The molecule has 0 bridgehead atoms. The molecule has 33 heavy (non-hydrogen) atoms. The molecular weight excluding hydrogens is 408 g/mol. The third-order valence-electron chi connectivity index (χ3n) is 5.87. The smallest absolute Gasteiger partial charge is 0.150 e. The van der Waals surface area contributed by atoms with Crippen molar-refractivity contribution in [2.24, 2.45) is 5.73 Å². The Morgan fingerprint density at radius 2 is 1.64 bits per heavy atom. The quantitative estimate of drug-likeness (QED) is 0.329. The van der Waals surface area contributed by atoms with Crippen LogP contribution in [0.2, 0.25) is 0 Å². The maximum Gasteiger partial charge on any atom is 0.150 e. The van der Waals surface area contributed by atoms with E-state index in [2.05, 4.69) is 41.4 Å². The van der Waals surface area contributed by atoms with Crippen LogP contribution >= 0.6 is 0 Å². The van der Waals surface area contributed by atoms with Crippen molar-refractivity contribution < 1.29 is 9.53 Å². The lowest BCUT2D eigenvalue weighted by molar-refractivity contribution is 0.112. The highest BCUT2D eigenvalue weighted by Crippen LogP contribution is 2.27. The predicted octanol–water partition coefficient (Wildman–Crippen LogP) is 5.82. The summed E-state index contributed by atoms with van der Waals surface area (Å²) in [6.07, 6.45) is 3.28. The zero-order valence-corrected chi connectivity index (χ0v) is 18.1. The molecule has 0 radical (unpaired) electrons. The molecule has 162 valence electrons. The Morgan fingerprint density at radius 3 is 2.45 bits per heavy atom. The Kier molecular flexibility index (Phi) is 5.83. The fraction of sp³-hybridized carbons (Fsp3) is 0.103. The molecule has 1 atom stereocenters. The third kappa shape index (κ3) is 4.61. The maximum atomic E-state index is 11.4. The summed E-state index contributed by atoms with van der Waals surface area (Å²) in [4.78, 5) is 15.7. The second-order valence-corrected chi connectivity index (χ2v) is 8.23. The average molecular weight is 433 g/mol. The lowest BCUT2D eigenvalue weighted by Crippen LogP contribution is -2.30. The first-order chi connectivity index (χ1) is 16.2. The molecule has 0 amide bonds. The van der Waals surface area contributed by atoms with Gasteiger partial charge in [0, 0.05) is 23.2 Å². The van der Waals surface area contributed by atoms with Crippen molar-refractivity contribution in [3.05, 3.63) is 108 Å². The van der Waals surface area contributed by atoms with Crippen molar-refractivity contribution in [1.29, 1.82) is 0 Å². The zero-order valence-electron chi connectivity index (χ0n) is 18.1. The molecule has 5 rings (SSSR count). The monoisotopic (exact) mass is 432 g/mol. The molecule has 0 aliphatic carbocycles. The minimum absolute atomic E-state index is 0.0967. The topological polar surface area (TPSA) is 65.2 Å². The van der Waals surface area contributed by atoms with Gasteiger partial charge in [-0.05, 0) is 64.2 Å². The number of aldehydes is 1. The molecule has 4 nitrogen and oxygen atoms in total. The highest BCUT2D eigenvalue weighted by atomic mass is 16.5. The van der Waals surface area contributed by atoms with Crippen molar-refractivity contribution >= 4 is 28.0 Å².